The van der Waals surface area contributed by atoms with Gasteiger partial charge in [-0.1, -0.05) is 23.7 Å². The Morgan fingerprint density at radius 3 is 2.48 bits per heavy atom. The molecule has 2 unspecified atom stereocenters. The van der Waals surface area contributed by atoms with Gasteiger partial charge in [-0.2, -0.15) is 0 Å². The molecule has 1 saturated carbocycles. The van der Waals surface area contributed by atoms with Crippen molar-refractivity contribution >= 4 is 16.9 Å². The number of aromatic hydroxyl groups is 1. The van der Waals surface area contributed by atoms with Gasteiger partial charge >= 0.3 is 0 Å². The Bertz CT molecular complexity index is 794. The van der Waals surface area contributed by atoms with Gasteiger partial charge in [0.25, 0.3) is 0 Å². The molecule has 1 fully saturated rings. The molecule has 2 aromatic rings. The lowest BCUT2D eigenvalue weighted by atomic mass is 9.89. The Balaban J connectivity index is 1.97. The molecule has 0 radical (unpaired) electrons. The molecule has 1 aromatic carbocycles. The van der Waals surface area contributed by atoms with E-state index in [2.05, 4.69) is 5.16 Å². The minimum absolute atomic E-state index is 0.0857. The third-order valence-electron chi connectivity index (χ3n) is 5.20. The maximum absolute atomic E-state index is 13.1. The monoisotopic (exact) mass is 309 g/mol. The topological polar surface area (TPSA) is 63.3 Å². The SMILES string of the molecule is Cc1noc(C)c1C1=C(c2ccc(O)cc2)C2CCCC2C1=O. The number of phenolic OH excluding ortho intramolecular Hbond substituents is 1. The predicted octanol–water partition coefficient (Wildman–Crippen LogP) is 3.91. The molecule has 118 valence electrons. The third-order valence-corrected chi connectivity index (χ3v) is 5.20. The normalized spacial score (nSPS) is 23.7. The number of hydrogen-bond donors (Lipinski definition) is 1. The Kier molecular flexibility index (Phi) is 3.15. The number of ketones is 1. The van der Waals surface area contributed by atoms with Crippen molar-refractivity contribution in [3.05, 3.63) is 46.8 Å². The Labute approximate surface area is 134 Å². The van der Waals surface area contributed by atoms with E-state index in [-0.39, 0.29) is 23.4 Å². The van der Waals surface area contributed by atoms with Crippen LogP contribution in [0, 0.1) is 25.7 Å². The van der Waals surface area contributed by atoms with Gasteiger partial charge < -0.3 is 9.63 Å². The van der Waals surface area contributed by atoms with E-state index >= 15 is 0 Å². The molecule has 1 heterocycles. The summed E-state index contributed by atoms with van der Waals surface area (Å²) in [4.78, 5) is 13.1. The molecule has 4 rings (SSSR count). The van der Waals surface area contributed by atoms with Crippen LogP contribution in [0.2, 0.25) is 0 Å². The van der Waals surface area contributed by atoms with E-state index in [0.29, 0.717) is 5.76 Å². The van der Waals surface area contributed by atoms with Crippen LogP contribution in [-0.2, 0) is 4.79 Å². The number of carbonyl (C=O) groups is 1. The lowest BCUT2D eigenvalue weighted by molar-refractivity contribution is -0.117. The fraction of sp³-hybridized carbons (Fsp3) is 0.368. The van der Waals surface area contributed by atoms with E-state index in [1.165, 1.54) is 0 Å². The van der Waals surface area contributed by atoms with Crippen molar-refractivity contribution in [1.82, 2.24) is 5.16 Å². The number of aryl methyl sites for hydroxylation is 2. The molecule has 1 N–H and O–H groups in total. The van der Waals surface area contributed by atoms with Gasteiger partial charge in [0.1, 0.15) is 11.5 Å². The van der Waals surface area contributed by atoms with Crippen molar-refractivity contribution in [2.24, 2.45) is 11.8 Å². The highest BCUT2D eigenvalue weighted by atomic mass is 16.5. The molecule has 2 aliphatic rings. The maximum atomic E-state index is 13.1. The van der Waals surface area contributed by atoms with E-state index in [9.17, 15) is 9.90 Å². The molecule has 0 spiro atoms. The summed E-state index contributed by atoms with van der Waals surface area (Å²) >= 11 is 0. The minimum Gasteiger partial charge on any atom is -0.508 e. The number of aromatic nitrogens is 1. The molecule has 0 amide bonds. The van der Waals surface area contributed by atoms with Gasteiger partial charge in [-0.3, -0.25) is 4.79 Å². The van der Waals surface area contributed by atoms with Crippen LogP contribution in [0.1, 0.15) is 41.8 Å². The average molecular weight is 309 g/mol. The molecule has 2 atom stereocenters. The quantitative estimate of drug-likeness (QED) is 0.913. The van der Waals surface area contributed by atoms with E-state index in [4.69, 9.17) is 4.52 Å². The first-order valence-corrected chi connectivity index (χ1v) is 8.09. The second kappa shape index (κ2) is 5.08. The largest absolute Gasteiger partial charge is 0.508 e. The summed E-state index contributed by atoms with van der Waals surface area (Å²) in [7, 11) is 0. The number of rotatable bonds is 2. The van der Waals surface area contributed by atoms with E-state index < -0.39 is 0 Å². The Morgan fingerprint density at radius 2 is 1.83 bits per heavy atom. The van der Waals surface area contributed by atoms with Gasteiger partial charge in [0.15, 0.2) is 5.78 Å². The molecule has 1 aromatic heterocycles. The number of Topliss-reactive ketones (excluding diaryl/α,β-unsaturated/α-hetero) is 1. The first-order valence-electron chi connectivity index (χ1n) is 8.09. The molecule has 23 heavy (non-hydrogen) atoms. The van der Waals surface area contributed by atoms with Crippen LogP contribution in [0.5, 0.6) is 5.75 Å². The number of fused-ring (bicyclic) bond motifs is 1. The Morgan fingerprint density at radius 1 is 1.13 bits per heavy atom. The lowest BCUT2D eigenvalue weighted by Crippen LogP contribution is -2.11. The van der Waals surface area contributed by atoms with Crippen LogP contribution in [0.15, 0.2) is 28.8 Å². The summed E-state index contributed by atoms with van der Waals surface area (Å²) in [6, 6.07) is 7.16. The highest BCUT2D eigenvalue weighted by molar-refractivity contribution is 6.33. The van der Waals surface area contributed by atoms with Gasteiger partial charge in [0.2, 0.25) is 0 Å². The Hall–Kier alpha value is -2.36. The summed E-state index contributed by atoms with van der Waals surface area (Å²) < 4.78 is 5.31. The first-order chi connectivity index (χ1) is 11.1. The standard InChI is InChI=1S/C19H19NO3/c1-10-16(11(2)23-20-10)18-17(12-6-8-13(21)9-7-12)14-4-3-5-15(14)19(18)22/h6-9,14-15,21H,3-5H2,1-2H3. The van der Waals surface area contributed by atoms with Gasteiger partial charge in [0, 0.05) is 11.5 Å². The molecular formula is C19H19NO3. The summed E-state index contributed by atoms with van der Waals surface area (Å²) in [5, 5.41) is 13.6. The molecule has 2 aliphatic carbocycles. The highest BCUT2D eigenvalue weighted by Gasteiger charge is 2.46. The van der Waals surface area contributed by atoms with Crippen molar-refractivity contribution in [3.63, 3.8) is 0 Å². The predicted molar refractivity (Wildman–Crippen MR) is 86.7 cm³/mol. The van der Waals surface area contributed by atoms with Gasteiger partial charge in [-0.25, -0.2) is 0 Å². The van der Waals surface area contributed by atoms with Crippen LogP contribution in [0.4, 0.5) is 0 Å². The zero-order chi connectivity index (χ0) is 16.1. The number of phenols is 1. The second-order valence-corrected chi connectivity index (χ2v) is 6.54. The zero-order valence-electron chi connectivity index (χ0n) is 13.3. The summed E-state index contributed by atoms with van der Waals surface area (Å²) in [5.74, 6) is 1.52. The van der Waals surface area contributed by atoms with Crippen molar-refractivity contribution in [3.8, 4) is 5.75 Å². The van der Waals surface area contributed by atoms with Gasteiger partial charge in [-0.15, -0.1) is 0 Å². The molecular weight excluding hydrogens is 290 g/mol. The fourth-order valence-corrected chi connectivity index (χ4v) is 4.22. The average Bonchev–Trinajstić information content (AvgIpc) is 3.19. The lowest BCUT2D eigenvalue weighted by Gasteiger charge is -2.14. The summed E-state index contributed by atoms with van der Waals surface area (Å²) in [6.07, 6.45) is 3.09. The molecule has 0 bridgehead atoms. The molecule has 0 aliphatic heterocycles. The van der Waals surface area contributed by atoms with Crippen LogP contribution >= 0.6 is 0 Å². The van der Waals surface area contributed by atoms with Crippen molar-refractivity contribution in [2.75, 3.05) is 0 Å². The molecule has 0 saturated heterocycles. The first kappa shape index (κ1) is 14.2. The maximum Gasteiger partial charge on any atom is 0.167 e. The van der Waals surface area contributed by atoms with Crippen molar-refractivity contribution in [1.29, 1.82) is 0 Å². The fourth-order valence-electron chi connectivity index (χ4n) is 4.22. The molecule has 4 nitrogen and oxygen atoms in total. The highest BCUT2D eigenvalue weighted by Crippen LogP contribution is 2.53. The smallest absolute Gasteiger partial charge is 0.167 e. The summed E-state index contributed by atoms with van der Waals surface area (Å²) in [6.45, 7) is 3.74. The number of hydrogen-bond acceptors (Lipinski definition) is 4. The van der Waals surface area contributed by atoms with Crippen LogP contribution in [0.25, 0.3) is 11.1 Å². The van der Waals surface area contributed by atoms with Crippen molar-refractivity contribution in [2.45, 2.75) is 33.1 Å². The number of allylic oxidation sites excluding steroid dienone is 2. The summed E-state index contributed by atoms with van der Waals surface area (Å²) in [5.41, 5.74) is 4.52. The van der Waals surface area contributed by atoms with Crippen LogP contribution in [0.3, 0.4) is 0 Å². The van der Waals surface area contributed by atoms with Gasteiger partial charge in [-0.05, 0) is 55.9 Å². The van der Waals surface area contributed by atoms with E-state index in [1.807, 2.05) is 26.0 Å². The van der Waals surface area contributed by atoms with Crippen molar-refractivity contribution < 1.29 is 14.4 Å². The van der Waals surface area contributed by atoms with Gasteiger partial charge in [0.05, 0.1) is 11.3 Å². The van der Waals surface area contributed by atoms with Crippen LogP contribution in [-0.4, -0.2) is 16.0 Å². The number of carbonyl (C=O) groups excluding carboxylic acids is 1. The van der Waals surface area contributed by atoms with E-state index in [0.717, 1.165) is 47.2 Å². The number of nitrogens with zero attached hydrogens (tertiary/aromatic N) is 1. The minimum atomic E-state index is 0.0857. The third kappa shape index (κ3) is 2.05. The molecule has 4 heteroatoms. The number of benzene rings is 1. The zero-order valence-corrected chi connectivity index (χ0v) is 13.3. The van der Waals surface area contributed by atoms with E-state index in [1.54, 1.807) is 12.1 Å². The van der Waals surface area contributed by atoms with Crippen LogP contribution < -0.4 is 0 Å². The second-order valence-electron chi connectivity index (χ2n) is 6.54.